The van der Waals surface area contributed by atoms with Crippen molar-refractivity contribution in [2.45, 2.75) is 19.8 Å². The van der Waals surface area contributed by atoms with Gasteiger partial charge in [0.2, 0.25) is 0 Å². The number of aryl methyl sites for hydroxylation is 1. The summed E-state index contributed by atoms with van der Waals surface area (Å²) in [6.07, 6.45) is 4.35. The highest BCUT2D eigenvalue weighted by Crippen LogP contribution is 2.24. The maximum absolute atomic E-state index is 11.8. The number of methoxy groups -OCH3 is 1. The lowest BCUT2D eigenvalue weighted by Crippen LogP contribution is -2.17. The minimum Gasteiger partial charge on any atom is -0.465 e. The molecule has 1 heterocycles. The predicted molar refractivity (Wildman–Crippen MR) is 97.7 cm³/mol. The molecule has 1 aliphatic rings. The van der Waals surface area contributed by atoms with Crippen molar-refractivity contribution in [2.75, 3.05) is 25.1 Å². The number of esters is 1. The second kappa shape index (κ2) is 7.30. The number of hydrogen-bond acceptors (Lipinski definition) is 4. The highest BCUT2D eigenvalue weighted by molar-refractivity contribution is 5.96. The van der Waals surface area contributed by atoms with Crippen LogP contribution in [0.4, 0.5) is 11.4 Å². The summed E-state index contributed by atoms with van der Waals surface area (Å²) in [7, 11) is 1.38. The lowest BCUT2D eigenvalue weighted by Gasteiger charge is -2.18. The summed E-state index contributed by atoms with van der Waals surface area (Å²) in [6, 6.07) is 13.7. The summed E-state index contributed by atoms with van der Waals surface area (Å²) in [5, 5.41) is 0. The van der Waals surface area contributed by atoms with Crippen molar-refractivity contribution in [3.8, 4) is 0 Å². The molecular formula is C20H22N2O2. The molecule has 0 radical (unpaired) electrons. The summed E-state index contributed by atoms with van der Waals surface area (Å²) in [4.78, 5) is 18.7. The van der Waals surface area contributed by atoms with Crippen LogP contribution in [-0.2, 0) is 4.74 Å². The monoisotopic (exact) mass is 322 g/mol. The normalized spacial score (nSPS) is 14.3. The molecule has 0 amide bonds. The van der Waals surface area contributed by atoms with E-state index in [1.165, 1.54) is 31.2 Å². The van der Waals surface area contributed by atoms with E-state index in [1.807, 2.05) is 18.3 Å². The molecule has 0 N–H and O–H groups in total. The zero-order valence-corrected chi connectivity index (χ0v) is 14.2. The van der Waals surface area contributed by atoms with Crippen molar-refractivity contribution in [1.29, 1.82) is 0 Å². The molecule has 4 nitrogen and oxygen atoms in total. The fourth-order valence-electron chi connectivity index (χ4n) is 2.98. The third-order valence-electron chi connectivity index (χ3n) is 4.38. The highest BCUT2D eigenvalue weighted by Gasteiger charge is 2.13. The lowest BCUT2D eigenvalue weighted by atomic mass is 10.1. The number of hydrogen-bond donors (Lipinski definition) is 0. The summed E-state index contributed by atoms with van der Waals surface area (Å²) in [5.74, 6) is -0.371. The van der Waals surface area contributed by atoms with Gasteiger partial charge in [-0.1, -0.05) is 18.2 Å². The summed E-state index contributed by atoms with van der Waals surface area (Å²) >= 11 is 0. The SMILES string of the molecule is COC(=O)c1ccccc1N=Cc1ccc(N2CCCC2)cc1C. The first-order chi connectivity index (χ1) is 11.7. The smallest absolute Gasteiger partial charge is 0.340 e. The fourth-order valence-corrected chi connectivity index (χ4v) is 2.98. The fraction of sp³-hybridized carbons (Fsp3) is 0.300. The Hall–Kier alpha value is -2.62. The topological polar surface area (TPSA) is 41.9 Å². The number of nitrogens with zero attached hydrogens (tertiary/aromatic N) is 2. The molecule has 3 rings (SSSR count). The second-order valence-electron chi connectivity index (χ2n) is 6.00. The summed E-state index contributed by atoms with van der Waals surface area (Å²) in [6.45, 7) is 4.37. The summed E-state index contributed by atoms with van der Waals surface area (Å²) in [5.41, 5.74) is 4.60. The van der Waals surface area contributed by atoms with Crippen LogP contribution in [0.5, 0.6) is 0 Å². The first kappa shape index (κ1) is 16.2. The molecule has 124 valence electrons. The van der Waals surface area contributed by atoms with Gasteiger partial charge in [-0.15, -0.1) is 0 Å². The van der Waals surface area contributed by atoms with E-state index < -0.39 is 0 Å². The van der Waals surface area contributed by atoms with E-state index in [2.05, 4.69) is 35.0 Å². The molecule has 0 atom stereocenters. The quantitative estimate of drug-likeness (QED) is 0.628. The van der Waals surface area contributed by atoms with Crippen molar-refractivity contribution < 1.29 is 9.53 Å². The number of anilines is 1. The number of ether oxygens (including phenoxy) is 1. The van der Waals surface area contributed by atoms with Gasteiger partial charge < -0.3 is 9.64 Å². The van der Waals surface area contributed by atoms with Crippen LogP contribution >= 0.6 is 0 Å². The van der Waals surface area contributed by atoms with Crippen molar-refractivity contribution in [3.05, 3.63) is 59.2 Å². The van der Waals surface area contributed by atoms with Gasteiger partial charge in [0.05, 0.1) is 18.4 Å². The largest absolute Gasteiger partial charge is 0.465 e. The molecule has 1 aliphatic heterocycles. The molecular weight excluding hydrogens is 300 g/mol. The molecule has 0 bridgehead atoms. The molecule has 4 heteroatoms. The molecule has 1 saturated heterocycles. The molecule has 0 unspecified atom stereocenters. The third-order valence-corrected chi connectivity index (χ3v) is 4.38. The Labute approximate surface area is 142 Å². The molecule has 0 aromatic heterocycles. The van der Waals surface area contributed by atoms with Crippen LogP contribution in [0.1, 0.15) is 34.3 Å². The van der Waals surface area contributed by atoms with Crippen molar-refractivity contribution in [3.63, 3.8) is 0 Å². The van der Waals surface area contributed by atoms with E-state index in [9.17, 15) is 4.79 Å². The van der Waals surface area contributed by atoms with Crippen molar-refractivity contribution in [2.24, 2.45) is 4.99 Å². The Balaban J connectivity index is 1.83. The van der Waals surface area contributed by atoms with Gasteiger partial charge in [0.15, 0.2) is 0 Å². The lowest BCUT2D eigenvalue weighted by molar-refractivity contribution is 0.0601. The van der Waals surface area contributed by atoms with Crippen LogP contribution in [0.15, 0.2) is 47.5 Å². The van der Waals surface area contributed by atoms with Gasteiger partial charge in [-0.3, -0.25) is 4.99 Å². The van der Waals surface area contributed by atoms with Crippen LogP contribution in [0.25, 0.3) is 0 Å². The number of aliphatic imine (C=N–C) groups is 1. The minimum atomic E-state index is -0.371. The van der Waals surface area contributed by atoms with Crippen molar-refractivity contribution in [1.82, 2.24) is 0 Å². The summed E-state index contributed by atoms with van der Waals surface area (Å²) < 4.78 is 4.81. The number of carbonyl (C=O) groups is 1. The standard InChI is InChI=1S/C20H22N2O2/c1-15-13-17(22-11-5-6-12-22)10-9-16(15)14-21-19-8-4-3-7-18(19)20(23)24-2/h3-4,7-10,13-14H,5-6,11-12H2,1-2H3. The zero-order valence-electron chi connectivity index (χ0n) is 14.2. The first-order valence-corrected chi connectivity index (χ1v) is 8.26. The van der Waals surface area contributed by atoms with Gasteiger partial charge >= 0.3 is 5.97 Å². The average molecular weight is 322 g/mol. The van der Waals surface area contributed by atoms with Gasteiger partial charge in [0.1, 0.15) is 0 Å². The number of benzene rings is 2. The van der Waals surface area contributed by atoms with Crippen molar-refractivity contribution >= 4 is 23.6 Å². The molecule has 0 spiro atoms. The molecule has 0 aliphatic carbocycles. The Kier molecular flexibility index (Phi) is 4.94. The van der Waals surface area contributed by atoms with Gasteiger partial charge in [0, 0.05) is 25.0 Å². The van der Waals surface area contributed by atoms with Gasteiger partial charge in [-0.25, -0.2) is 4.79 Å². The predicted octanol–water partition coefficient (Wildman–Crippen LogP) is 4.13. The maximum Gasteiger partial charge on any atom is 0.340 e. The first-order valence-electron chi connectivity index (χ1n) is 8.26. The van der Waals surface area contributed by atoms with Gasteiger partial charge in [-0.05, 0) is 55.2 Å². The Morgan fingerprint density at radius 1 is 1.17 bits per heavy atom. The van der Waals surface area contributed by atoms with E-state index in [0.717, 1.165) is 18.7 Å². The minimum absolute atomic E-state index is 0.371. The molecule has 2 aromatic rings. The molecule has 2 aromatic carbocycles. The Morgan fingerprint density at radius 2 is 1.92 bits per heavy atom. The zero-order chi connectivity index (χ0) is 16.9. The molecule has 0 saturated carbocycles. The van der Waals surface area contributed by atoms with Crippen LogP contribution in [0, 0.1) is 6.92 Å². The van der Waals surface area contributed by atoms with E-state index in [0.29, 0.717) is 11.3 Å². The second-order valence-corrected chi connectivity index (χ2v) is 6.00. The van der Waals surface area contributed by atoms with Crippen LogP contribution in [0.2, 0.25) is 0 Å². The van der Waals surface area contributed by atoms with E-state index in [-0.39, 0.29) is 5.97 Å². The third kappa shape index (κ3) is 3.48. The van der Waals surface area contributed by atoms with E-state index >= 15 is 0 Å². The highest BCUT2D eigenvalue weighted by atomic mass is 16.5. The number of para-hydroxylation sites is 1. The van der Waals surface area contributed by atoms with Crippen LogP contribution in [0.3, 0.4) is 0 Å². The number of rotatable bonds is 4. The van der Waals surface area contributed by atoms with Gasteiger partial charge in [0.25, 0.3) is 0 Å². The number of carbonyl (C=O) groups excluding carboxylic acids is 1. The van der Waals surface area contributed by atoms with E-state index in [1.54, 1.807) is 12.1 Å². The maximum atomic E-state index is 11.8. The Bertz CT molecular complexity index is 762. The average Bonchev–Trinajstić information content (AvgIpc) is 3.15. The molecule has 24 heavy (non-hydrogen) atoms. The van der Waals surface area contributed by atoms with Crippen LogP contribution < -0.4 is 4.90 Å². The van der Waals surface area contributed by atoms with E-state index in [4.69, 9.17) is 4.74 Å². The van der Waals surface area contributed by atoms with Gasteiger partial charge in [-0.2, -0.15) is 0 Å². The van der Waals surface area contributed by atoms with Crippen LogP contribution in [-0.4, -0.2) is 32.4 Å². The molecule has 1 fully saturated rings. The Morgan fingerprint density at radius 3 is 2.62 bits per heavy atom.